The minimum absolute atomic E-state index is 0.129. The van der Waals surface area contributed by atoms with Gasteiger partial charge >= 0.3 is 0 Å². The van der Waals surface area contributed by atoms with E-state index in [1.807, 2.05) is 24.3 Å². The van der Waals surface area contributed by atoms with E-state index in [-0.39, 0.29) is 5.54 Å². The first-order valence-electron chi connectivity index (χ1n) is 6.04. The fourth-order valence-electron chi connectivity index (χ4n) is 1.44. The lowest BCUT2D eigenvalue weighted by atomic mass is 10.1. The van der Waals surface area contributed by atoms with E-state index in [2.05, 4.69) is 41.7 Å². The van der Waals surface area contributed by atoms with Crippen molar-refractivity contribution in [2.45, 2.75) is 19.4 Å². The molecule has 18 heavy (non-hydrogen) atoms. The van der Waals surface area contributed by atoms with Gasteiger partial charge in [-0.1, -0.05) is 28.1 Å². The number of para-hydroxylation sites is 2. The van der Waals surface area contributed by atoms with E-state index in [0.717, 1.165) is 23.4 Å². The number of rotatable bonds is 7. The summed E-state index contributed by atoms with van der Waals surface area (Å²) in [5, 5.41) is 0.936. The summed E-state index contributed by atoms with van der Waals surface area (Å²) >= 11 is 3.53. The monoisotopic (exact) mass is 315 g/mol. The van der Waals surface area contributed by atoms with Gasteiger partial charge in [0.05, 0.1) is 7.11 Å². The molecule has 4 heteroatoms. The summed E-state index contributed by atoms with van der Waals surface area (Å²) in [5.41, 5.74) is 0.129. The summed E-state index contributed by atoms with van der Waals surface area (Å²) in [5.74, 6) is 1.57. The quantitative estimate of drug-likeness (QED) is 0.721. The molecule has 0 unspecified atom stereocenters. The molecule has 1 aromatic rings. The van der Waals surface area contributed by atoms with Crippen molar-refractivity contribution in [1.82, 2.24) is 4.90 Å². The number of methoxy groups -OCH3 is 1. The lowest BCUT2D eigenvalue weighted by Crippen LogP contribution is -2.44. The Labute approximate surface area is 118 Å². The van der Waals surface area contributed by atoms with Crippen molar-refractivity contribution in [3.05, 3.63) is 24.3 Å². The van der Waals surface area contributed by atoms with Crippen LogP contribution in [0.15, 0.2) is 24.3 Å². The number of hydrogen-bond acceptors (Lipinski definition) is 3. The van der Waals surface area contributed by atoms with Crippen LogP contribution in [0.25, 0.3) is 0 Å². The molecule has 0 spiro atoms. The molecule has 0 saturated carbocycles. The Hall–Kier alpha value is -0.740. The zero-order chi connectivity index (χ0) is 13.6. The molecule has 0 N–H and O–H groups in total. The lowest BCUT2D eigenvalue weighted by molar-refractivity contribution is 0.147. The van der Waals surface area contributed by atoms with Crippen LogP contribution in [0.5, 0.6) is 11.5 Å². The minimum Gasteiger partial charge on any atom is -0.493 e. The number of likely N-dealkylation sites (N-methyl/N-ethyl adjacent to an activating group) is 1. The van der Waals surface area contributed by atoms with E-state index >= 15 is 0 Å². The first kappa shape index (κ1) is 15.3. The van der Waals surface area contributed by atoms with Crippen LogP contribution in [0, 0.1) is 0 Å². The van der Waals surface area contributed by atoms with Crippen molar-refractivity contribution < 1.29 is 9.47 Å². The largest absolute Gasteiger partial charge is 0.493 e. The maximum absolute atomic E-state index is 5.76. The molecular weight excluding hydrogens is 294 g/mol. The number of nitrogens with zero attached hydrogens (tertiary/aromatic N) is 1. The Bertz CT molecular complexity index is 369. The number of ether oxygens (including phenoxy) is 2. The summed E-state index contributed by atoms with van der Waals surface area (Å²) in [6.45, 7) is 5.92. The van der Waals surface area contributed by atoms with Crippen molar-refractivity contribution in [3.63, 3.8) is 0 Å². The topological polar surface area (TPSA) is 21.7 Å². The van der Waals surface area contributed by atoms with Crippen LogP contribution in [-0.2, 0) is 0 Å². The molecule has 0 atom stereocenters. The Morgan fingerprint density at radius 3 is 2.39 bits per heavy atom. The van der Waals surface area contributed by atoms with Crippen molar-refractivity contribution in [1.29, 1.82) is 0 Å². The first-order valence-corrected chi connectivity index (χ1v) is 7.16. The Morgan fingerprint density at radius 1 is 1.22 bits per heavy atom. The normalized spacial score (nSPS) is 11.7. The summed E-state index contributed by atoms with van der Waals surface area (Å²) in [7, 11) is 3.76. The van der Waals surface area contributed by atoms with Gasteiger partial charge in [-0.25, -0.2) is 0 Å². The molecule has 0 amide bonds. The molecule has 0 aliphatic carbocycles. The van der Waals surface area contributed by atoms with Crippen LogP contribution < -0.4 is 9.47 Å². The van der Waals surface area contributed by atoms with Crippen molar-refractivity contribution in [3.8, 4) is 11.5 Å². The predicted octanol–water partition coefficient (Wildman–Crippen LogP) is 3.18. The minimum atomic E-state index is 0.129. The Morgan fingerprint density at radius 2 is 1.83 bits per heavy atom. The second-order valence-corrected chi connectivity index (χ2v) is 5.43. The molecule has 0 radical (unpaired) electrons. The van der Waals surface area contributed by atoms with Gasteiger partial charge in [-0.05, 0) is 33.0 Å². The molecule has 3 nitrogen and oxygen atoms in total. The third kappa shape index (κ3) is 4.18. The molecule has 0 saturated heterocycles. The van der Waals surface area contributed by atoms with Crippen molar-refractivity contribution in [2.75, 3.05) is 32.6 Å². The van der Waals surface area contributed by atoms with E-state index < -0.39 is 0 Å². The molecule has 0 bridgehead atoms. The highest BCUT2D eigenvalue weighted by molar-refractivity contribution is 9.09. The summed E-state index contributed by atoms with van der Waals surface area (Å²) < 4.78 is 11.0. The summed E-state index contributed by atoms with van der Waals surface area (Å²) in [6.07, 6.45) is 0. The maximum Gasteiger partial charge on any atom is 0.161 e. The number of benzene rings is 1. The van der Waals surface area contributed by atoms with Crippen LogP contribution in [0.1, 0.15) is 13.8 Å². The van der Waals surface area contributed by atoms with Gasteiger partial charge in [0.1, 0.15) is 6.61 Å². The van der Waals surface area contributed by atoms with Crippen LogP contribution in [-0.4, -0.2) is 43.1 Å². The molecule has 0 aromatic heterocycles. The summed E-state index contributed by atoms with van der Waals surface area (Å²) in [6, 6.07) is 7.71. The molecule has 102 valence electrons. The number of hydrogen-bond donors (Lipinski definition) is 0. The van der Waals surface area contributed by atoms with E-state index in [9.17, 15) is 0 Å². The second-order valence-electron chi connectivity index (χ2n) is 4.87. The van der Waals surface area contributed by atoms with E-state index in [1.165, 1.54) is 0 Å². The highest BCUT2D eigenvalue weighted by Gasteiger charge is 2.21. The van der Waals surface area contributed by atoms with Crippen molar-refractivity contribution in [2.24, 2.45) is 0 Å². The molecule has 0 heterocycles. The Balaban J connectivity index is 2.47. The van der Waals surface area contributed by atoms with Gasteiger partial charge in [-0.3, -0.25) is 4.90 Å². The molecule has 1 aromatic carbocycles. The average molecular weight is 316 g/mol. The molecule has 0 aliphatic heterocycles. The zero-order valence-electron chi connectivity index (χ0n) is 11.6. The SMILES string of the molecule is COc1ccccc1OCCN(C)C(C)(C)CBr. The third-order valence-corrected chi connectivity index (χ3v) is 4.49. The molecule has 0 aliphatic rings. The van der Waals surface area contributed by atoms with Gasteiger partial charge in [0.2, 0.25) is 0 Å². The first-order chi connectivity index (χ1) is 8.51. The Kier molecular flexibility index (Phi) is 5.96. The van der Waals surface area contributed by atoms with Gasteiger partial charge in [0, 0.05) is 17.4 Å². The zero-order valence-corrected chi connectivity index (χ0v) is 13.2. The van der Waals surface area contributed by atoms with Gasteiger partial charge in [0.25, 0.3) is 0 Å². The van der Waals surface area contributed by atoms with E-state index in [1.54, 1.807) is 7.11 Å². The number of alkyl halides is 1. The highest BCUT2D eigenvalue weighted by atomic mass is 79.9. The third-order valence-electron chi connectivity index (χ3n) is 3.11. The molecule has 1 rings (SSSR count). The smallest absolute Gasteiger partial charge is 0.161 e. The van der Waals surface area contributed by atoms with Gasteiger partial charge in [-0.15, -0.1) is 0 Å². The van der Waals surface area contributed by atoms with Crippen molar-refractivity contribution >= 4 is 15.9 Å². The summed E-state index contributed by atoms with van der Waals surface area (Å²) in [4.78, 5) is 2.27. The predicted molar refractivity (Wildman–Crippen MR) is 79.0 cm³/mol. The number of halogens is 1. The molecular formula is C14H22BrNO2. The highest BCUT2D eigenvalue weighted by Crippen LogP contribution is 2.25. The standard InChI is InChI=1S/C14H22BrNO2/c1-14(2,11-15)16(3)9-10-18-13-8-6-5-7-12(13)17-4/h5-8H,9-11H2,1-4H3. The van der Waals surface area contributed by atoms with Crippen LogP contribution in [0.4, 0.5) is 0 Å². The van der Waals surface area contributed by atoms with E-state index in [4.69, 9.17) is 9.47 Å². The van der Waals surface area contributed by atoms with Crippen LogP contribution in [0.2, 0.25) is 0 Å². The molecule has 0 fully saturated rings. The maximum atomic E-state index is 5.76. The fraction of sp³-hybridized carbons (Fsp3) is 0.571. The second kappa shape index (κ2) is 7.00. The van der Waals surface area contributed by atoms with E-state index in [0.29, 0.717) is 6.61 Å². The van der Waals surface area contributed by atoms with Crippen LogP contribution >= 0.6 is 15.9 Å². The fourth-order valence-corrected chi connectivity index (χ4v) is 1.86. The lowest BCUT2D eigenvalue weighted by Gasteiger charge is -2.33. The van der Waals surface area contributed by atoms with Gasteiger partial charge < -0.3 is 9.47 Å². The van der Waals surface area contributed by atoms with Crippen LogP contribution in [0.3, 0.4) is 0 Å². The average Bonchev–Trinajstić information content (AvgIpc) is 2.39. The van der Waals surface area contributed by atoms with Gasteiger partial charge in [0.15, 0.2) is 11.5 Å². The van der Waals surface area contributed by atoms with Gasteiger partial charge in [-0.2, -0.15) is 0 Å².